The highest BCUT2D eigenvalue weighted by molar-refractivity contribution is 5.87. The first-order valence-electron chi connectivity index (χ1n) is 5.84. The molecular weight excluding hydrogens is 236 g/mol. The lowest BCUT2D eigenvalue weighted by atomic mass is 10.2. The predicted molar refractivity (Wildman–Crippen MR) is 81.6 cm³/mol. The highest BCUT2D eigenvalue weighted by Gasteiger charge is 2.06. The van der Waals surface area contributed by atoms with Gasteiger partial charge in [0.15, 0.2) is 0 Å². The van der Waals surface area contributed by atoms with Crippen molar-refractivity contribution in [1.82, 2.24) is 0 Å². The lowest BCUT2D eigenvalue weighted by Crippen LogP contribution is -2.13. The van der Waals surface area contributed by atoms with Crippen LogP contribution >= 0.6 is 0 Å². The van der Waals surface area contributed by atoms with Crippen molar-refractivity contribution in [3.63, 3.8) is 0 Å². The second-order valence-electron chi connectivity index (χ2n) is 3.74. The van der Waals surface area contributed by atoms with E-state index < -0.39 is 12.1 Å². The van der Waals surface area contributed by atoms with Crippen molar-refractivity contribution >= 4 is 12.0 Å². The van der Waals surface area contributed by atoms with Crippen molar-refractivity contribution in [2.75, 3.05) is 0 Å². The monoisotopic (exact) mass is 256 g/mol. The van der Waals surface area contributed by atoms with E-state index in [4.69, 9.17) is 4.74 Å². The quantitative estimate of drug-likeness (QED) is 0.449. The summed E-state index contributed by atoms with van der Waals surface area (Å²) in [7, 11) is 0. The van der Waals surface area contributed by atoms with Crippen LogP contribution < -0.4 is 0 Å². The smallest absolute Gasteiger partial charge is 0.334 e. The van der Waals surface area contributed by atoms with Crippen LogP contribution in [0.15, 0.2) is 74.4 Å². The van der Waals surface area contributed by atoms with Gasteiger partial charge < -0.3 is 4.74 Å². The summed E-state index contributed by atoms with van der Waals surface area (Å²) >= 11 is 0. The Balaban J connectivity index is 0.000000356. The Hall–Kier alpha value is -2.35. The van der Waals surface area contributed by atoms with Gasteiger partial charge in [-0.1, -0.05) is 62.7 Å². The molecule has 1 rings (SSSR count). The fourth-order valence-corrected chi connectivity index (χ4v) is 1.01. The molecule has 0 aromatic heterocycles. The molecule has 0 atom stereocenters. The highest BCUT2D eigenvalue weighted by atomic mass is 16.5. The molecule has 0 spiro atoms. The van der Waals surface area contributed by atoms with Gasteiger partial charge in [0.05, 0.1) is 0 Å². The molecule has 0 bridgehead atoms. The maximum Gasteiger partial charge on any atom is 0.334 e. The molecule has 0 saturated carbocycles. The minimum absolute atomic E-state index is 0.374. The SMILES string of the molecule is C=CC(C=C)OC(=O)C(=C)C.C=Cc1ccccc1. The molecule has 0 aliphatic rings. The molecule has 0 unspecified atom stereocenters. The Kier molecular flexibility index (Phi) is 8.46. The second kappa shape index (κ2) is 9.66. The summed E-state index contributed by atoms with van der Waals surface area (Å²) in [5.41, 5.74) is 1.55. The highest BCUT2D eigenvalue weighted by Crippen LogP contribution is 2.00. The third kappa shape index (κ3) is 7.55. The maximum atomic E-state index is 10.9. The van der Waals surface area contributed by atoms with E-state index in [0.717, 1.165) is 0 Å². The maximum absolute atomic E-state index is 10.9. The molecule has 0 amide bonds. The molecule has 0 N–H and O–H groups in total. The van der Waals surface area contributed by atoms with Crippen molar-refractivity contribution < 1.29 is 9.53 Å². The number of ether oxygens (including phenoxy) is 1. The van der Waals surface area contributed by atoms with E-state index in [1.165, 1.54) is 17.7 Å². The summed E-state index contributed by atoms with van der Waals surface area (Å²) in [6, 6.07) is 10.0. The van der Waals surface area contributed by atoms with Gasteiger partial charge in [-0.25, -0.2) is 4.79 Å². The van der Waals surface area contributed by atoms with Crippen LogP contribution in [0.2, 0.25) is 0 Å². The van der Waals surface area contributed by atoms with E-state index in [0.29, 0.717) is 5.57 Å². The first-order valence-corrected chi connectivity index (χ1v) is 5.84. The molecule has 1 aromatic carbocycles. The zero-order valence-electron chi connectivity index (χ0n) is 11.3. The van der Waals surface area contributed by atoms with E-state index in [1.807, 2.05) is 36.4 Å². The van der Waals surface area contributed by atoms with Gasteiger partial charge in [-0.3, -0.25) is 0 Å². The predicted octanol–water partition coefficient (Wildman–Crippen LogP) is 4.18. The zero-order chi connectivity index (χ0) is 14.7. The Bertz CT molecular complexity index is 436. The van der Waals surface area contributed by atoms with Gasteiger partial charge in [0, 0.05) is 5.57 Å². The number of rotatable bonds is 5. The molecular formula is C17H20O2. The number of carbonyl (C=O) groups is 1. The molecule has 2 heteroatoms. The standard InChI is InChI=1S/C9H12O2.C8H8/c1-5-8(6-2)11-9(10)7(3)4;1-2-8-6-4-3-5-7-8/h5-6,8H,1-3H2,4H3;2-7H,1H2. The van der Waals surface area contributed by atoms with E-state index in [1.54, 1.807) is 6.92 Å². The average molecular weight is 256 g/mol. The molecule has 2 nitrogen and oxygen atoms in total. The number of esters is 1. The van der Waals surface area contributed by atoms with Crippen LogP contribution in [0.4, 0.5) is 0 Å². The Morgan fingerprint density at radius 3 is 2.00 bits per heavy atom. The van der Waals surface area contributed by atoms with E-state index in [-0.39, 0.29) is 0 Å². The molecule has 0 heterocycles. The molecule has 0 aliphatic heterocycles. The average Bonchev–Trinajstić information content (AvgIpc) is 2.45. The molecule has 19 heavy (non-hydrogen) atoms. The van der Waals surface area contributed by atoms with Gasteiger partial charge in [-0.2, -0.15) is 0 Å². The summed E-state index contributed by atoms with van der Waals surface area (Å²) in [6.07, 6.45) is 4.40. The van der Waals surface area contributed by atoms with Crippen molar-refractivity contribution in [2.24, 2.45) is 0 Å². The van der Waals surface area contributed by atoms with Gasteiger partial charge >= 0.3 is 5.97 Å². The van der Waals surface area contributed by atoms with Gasteiger partial charge in [-0.05, 0) is 24.6 Å². The van der Waals surface area contributed by atoms with Crippen LogP contribution in [-0.2, 0) is 9.53 Å². The summed E-state index contributed by atoms with van der Waals surface area (Å²) in [4.78, 5) is 10.9. The van der Waals surface area contributed by atoms with Crippen molar-refractivity contribution in [2.45, 2.75) is 13.0 Å². The number of carbonyl (C=O) groups excluding carboxylic acids is 1. The molecule has 0 aliphatic carbocycles. The van der Waals surface area contributed by atoms with Crippen LogP contribution in [0.5, 0.6) is 0 Å². The fraction of sp³-hybridized carbons (Fsp3) is 0.118. The van der Waals surface area contributed by atoms with Crippen LogP contribution in [-0.4, -0.2) is 12.1 Å². The normalized spacial score (nSPS) is 8.74. The summed E-state index contributed by atoms with van der Waals surface area (Å²) in [5, 5.41) is 0. The lowest BCUT2D eigenvalue weighted by Gasteiger charge is -2.08. The van der Waals surface area contributed by atoms with Crippen molar-refractivity contribution in [3.05, 3.63) is 79.9 Å². The summed E-state index contributed by atoms with van der Waals surface area (Å²) in [5.74, 6) is -0.421. The molecule has 0 fully saturated rings. The van der Waals surface area contributed by atoms with Crippen LogP contribution in [0.1, 0.15) is 12.5 Å². The van der Waals surface area contributed by atoms with Crippen molar-refractivity contribution in [3.8, 4) is 0 Å². The topological polar surface area (TPSA) is 26.3 Å². The van der Waals surface area contributed by atoms with Gasteiger partial charge in [-0.15, -0.1) is 0 Å². The Labute approximate surface area is 115 Å². The van der Waals surface area contributed by atoms with Crippen LogP contribution in [0, 0.1) is 0 Å². The second-order valence-corrected chi connectivity index (χ2v) is 3.74. The Morgan fingerprint density at radius 2 is 1.68 bits per heavy atom. The van der Waals surface area contributed by atoms with Crippen LogP contribution in [0.3, 0.4) is 0 Å². The zero-order valence-corrected chi connectivity index (χ0v) is 11.3. The lowest BCUT2D eigenvalue weighted by molar-refractivity contribution is -0.140. The van der Waals surface area contributed by atoms with E-state index in [2.05, 4.69) is 26.3 Å². The van der Waals surface area contributed by atoms with Gasteiger partial charge in [0.1, 0.15) is 6.10 Å². The molecule has 0 saturated heterocycles. The first kappa shape index (κ1) is 16.7. The minimum Gasteiger partial charge on any atom is -0.451 e. The third-order valence-corrected chi connectivity index (χ3v) is 2.09. The van der Waals surface area contributed by atoms with Gasteiger partial charge in [0.25, 0.3) is 0 Å². The Morgan fingerprint density at radius 1 is 1.16 bits per heavy atom. The largest absolute Gasteiger partial charge is 0.451 e. The first-order chi connectivity index (χ1) is 9.04. The molecule has 0 radical (unpaired) electrons. The number of benzene rings is 1. The number of hydrogen-bond acceptors (Lipinski definition) is 2. The third-order valence-electron chi connectivity index (χ3n) is 2.09. The number of hydrogen-bond donors (Lipinski definition) is 0. The molecule has 1 aromatic rings. The van der Waals surface area contributed by atoms with Crippen molar-refractivity contribution in [1.29, 1.82) is 0 Å². The summed E-state index contributed by atoms with van der Waals surface area (Å²) < 4.78 is 4.84. The van der Waals surface area contributed by atoms with E-state index >= 15 is 0 Å². The van der Waals surface area contributed by atoms with Crippen LogP contribution in [0.25, 0.3) is 6.08 Å². The fourth-order valence-electron chi connectivity index (χ4n) is 1.01. The summed E-state index contributed by atoms with van der Waals surface area (Å²) in [6.45, 7) is 15.6. The van der Waals surface area contributed by atoms with E-state index in [9.17, 15) is 4.79 Å². The van der Waals surface area contributed by atoms with Gasteiger partial charge in [0.2, 0.25) is 0 Å². The minimum atomic E-state index is -0.421. The molecule has 100 valence electrons.